The molecule has 1 aromatic heterocycles. The molecule has 0 fully saturated rings. The molecule has 0 radical (unpaired) electrons. The second-order valence-electron chi connectivity index (χ2n) is 4.08. The zero-order chi connectivity index (χ0) is 10.8. The first-order valence-corrected chi connectivity index (χ1v) is 5.19. The van der Waals surface area contributed by atoms with Gasteiger partial charge in [-0.05, 0) is 23.8 Å². The minimum atomic E-state index is 0.313. The topological polar surface area (TPSA) is 48.0 Å². The monoisotopic (exact) mass is 204 g/mol. The van der Waals surface area contributed by atoms with Gasteiger partial charge in [0.1, 0.15) is 5.75 Å². The maximum atomic E-state index is 9.42. The summed E-state index contributed by atoms with van der Waals surface area (Å²) in [5.41, 5.74) is 2.25. The van der Waals surface area contributed by atoms with Crippen molar-refractivity contribution in [1.82, 2.24) is 10.3 Å². The largest absolute Gasteiger partial charge is 0.508 e. The van der Waals surface area contributed by atoms with E-state index in [0.717, 1.165) is 17.4 Å². The quantitative estimate of drug-likeness (QED) is 0.718. The molecule has 2 aromatic rings. The smallest absolute Gasteiger partial charge is 0.116 e. The summed E-state index contributed by atoms with van der Waals surface area (Å²) >= 11 is 0. The molecule has 0 saturated carbocycles. The molecule has 0 bridgehead atoms. The van der Waals surface area contributed by atoms with Crippen molar-refractivity contribution in [3.8, 4) is 5.75 Å². The number of aromatic nitrogens is 1. The number of rotatable bonds is 3. The summed E-state index contributed by atoms with van der Waals surface area (Å²) in [6.07, 6.45) is 1.99. The van der Waals surface area contributed by atoms with Crippen LogP contribution >= 0.6 is 0 Å². The molecule has 0 atom stereocenters. The zero-order valence-electron chi connectivity index (χ0n) is 9.04. The van der Waals surface area contributed by atoms with Gasteiger partial charge in [-0.25, -0.2) is 0 Å². The first-order valence-electron chi connectivity index (χ1n) is 5.19. The average molecular weight is 204 g/mol. The van der Waals surface area contributed by atoms with Crippen LogP contribution in [0.2, 0.25) is 0 Å². The summed E-state index contributed by atoms with van der Waals surface area (Å²) in [4.78, 5) is 3.19. The van der Waals surface area contributed by atoms with E-state index in [1.165, 1.54) is 5.56 Å². The van der Waals surface area contributed by atoms with Crippen molar-refractivity contribution >= 4 is 10.9 Å². The van der Waals surface area contributed by atoms with Crippen molar-refractivity contribution < 1.29 is 5.11 Å². The molecule has 80 valence electrons. The highest BCUT2D eigenvalue weighted by Gasteiger charge is 2.04. The molecule has 0 aliphatic heterocycles. The van der Waals surface area contributed by atoms with Gasteiger partial charge in [0.05, 0.1) is 0 Å². The van der Waals surface area contributed by atoms with Crippen molar-refractivity contribution in [3.05, 3.63) is 30.0 Å². The molecule has 0 unspecified atom stereocenters. The van der Waals surface area contributed by atoms with Gasteiger partial charge in [0.25, 0.3) is 0 Å². The number of aromatic hydroxyl groups is 1. The second kappa shape index (κ2) is 3.95. The number of fused-ring (bicyclic) bond motifs is 1. The highest BCUT2D eigenvalue weighted by atomic mass is 16.3. The number of hydrogen-bond acceptors (Lipinski definition) is 2. The lowest BCUT2D eigenvalue weighted by molar-refractivity contribution is 0.476. The Morgan fingerprint density at radius 2 is 2.20 bits per heavy atom. The number of hydrogen-bond donors (Lipinski definition) is 3. The molecule has 2 rings (SSSR count). The fourth-order valence-electron chi connectivity index (χ4n) is 1.63. The van der Waals surface area contributed by atoms with E-state index in [2.05, 4.69) is 24.1 Å². The number of benzene rings is 1. The number of nitrogens with one attached hydrogen (secondary N) is 2. The van der Waals surface area contributed by atoms with E-state index < -0.39 is 0 Å². The van der Waals surface area contributed by atoms with Crippen LogP contribution in [0.3, 0.4) is 0 Å². The predicted molar refractivity (Wildman–Crippen MR) is 61.9 cm³/mol. The molecule has 0 spiro atoms. The van der Waals surface area contributed by atoms with E-state index >= 15 is 0 Å². The first-order chi connectivity index (χ1) is 7.16. The molecule has 3 nitrogen and oxygen atoms in total. The highest BCUT2D eigenvalue weighted by molar-refractivity contribution is 5.84. The third-order valence-corrected chi connectivity index (χ3v) is 2.45. The van der Waals surface area contributed by atoms with Crippen LogP contribution in [0.15, 0.2) is 24.4 Å². The molecular weight excluding hydrogens is 188 g/mol. The number of phenols is 1. The molecular formula is C12H16N2O. The van der Waals surface area contributed by atoms with E-state index in [1.54, 1.807) is 12.1 Å². The van der Waals surface area contributed by atoms with Crippen molar-refractivity contribution in [2.75, 3.05) is 0 Å². The van der Waals surface area contributed by atoms with Crippen molar-refractivity contribution in [1.29, 1.82) is 0 Å². The molecule has 3 heteroatoms. The Kier molecular flexibility index (Phi) is 2.64. The van der Waals surface area contributed by atoms with Gasteiger partial charge >= 0.3 is 0 Å². The van der Waals surface area contributed by atoms with Crippen LogP contribution in [-0.2, 0) is 6.54 Å². The highest BCUT2D eigenvalue weighted by Crippen LogP contribution is 2.22. The lowest BCUT2D eigenvalue weighted by Crippen LogP contribution is -2.21. The van der Waals surface area contributed by atoms with Gasteiger partial charge in [-0.3, -0.25) is 0 Å². The number of phenolic OH excluding ortho intramolecular Hbond substituents is 1. The first kappa shape index (κ1) is 10.1. The molecule has 0 aliphatic rings. The third kappa shape index (κ3) is 2.13. The molecule has 1 aromatic carbocycles. The molecule has 0 amide bonds. The SMILES string of the molecule is CC(C)NCc1c[nH]c2ccc(O)cc12. The normalized spacial score (nSPS) is 11.4. The van der Waals surface area contributed by atoms with Crippen LogP contribution in [0.5, 0.6) is 5.75 Å². The van der Waals surface area contributed by atoms with Crippen LogP contribution in [0.4, 0.5) is 0 Å². The predicted octanol–water partition coefficient (Wildman–Crippen LogP) is 2.37. The van der Waals surface area contributed by atoms with Crippen molar-refractivity contribution in [2.24, 2.45) is 0 Å². The Balaban J connectivity index is 2.31. The van der Waals surface area contributed by atoms with Gasteiger partial charge in [-0.2, -0.15) is 0 Å². The van der Waals surface area contributed by atoms with Crippen molar-refractivity contribution in [3.63, 3.8) is 0 Å². The zero-order valence-corrected chi connectivity index (χ0v) is 9.04. The summed E-state index contributed by atoms with van der Waals surface area (Å²) in [7, 11) is 0. The fourth-order valence-corrected chi connectivity index (χ4v) is 1.63. The Hall–Kier alpha value is -1.48. The molecule has 3 N–H and O–H groups in total. The van der Waals surface area contributed by atoms with Gasteiger partial charge in [-0.1, -0.05) is 13.8 Å². The Bertz CT molecular complexity index is 460. The van der Waals surface area contributed by atoms with Gasteiger partial charge in [-0.15, -0.1) is 0 Å². The number of H-pyrrole nitrogens is 1. The Labute approximate surface area is 89.1 Å². The Morgan fingerprint density at radius 3 is 2.93 bits per heavy atom. The van der Waals surface area contributed by atoms with Gasteiger partial charge in [0, 0.05) is 29.7 Å². The third-order valence-electron chi connectivity index (χ3n) is 2.45. The molecule has 15 heavy (non-hydrogen) atoms. The minimum absolute atomic E-state index is 0.313. The average Bonchev–Trinajstić information content (AvgIpc) is 2.57. The van der Waals surface area contributed by atoms with Gasteiger partial charge < -0.3 is 15.4 Å². The van der Waals surface area contributed by atoms with E-state index in [4.69, 9.17) is 0 Å². The molecule has 1 heterocycles. The summed E-state index contributed by atoms with van der Waals surface area (Å²) < 4.78 is 0. The Morgan fingerprint density at radius 1 is 1.40 bits per heavy atom. The van der Waals surface area contributed by atoms with Gasteiger partial charge in [0.15, 0.2) is 0 Å². The summed E-state index contributed by atoms with van der Waals surface area (Å²) in [6.45, 7) is 5.06. The lowest BCUT2D eigenvalue weighted by atomic mass is 10.1. The molecule has 0 aliphatic carbocycles. The van der Waals surface area contributed by atoms with E-state index in [9.17, 15) is 5.11 Å². The van der Waals surface area contributed by atoms with Gasteiger partial charge in [0.2, 0.25) is 0 Å². The second-order valence-corrected chi connectivity index (χ2v) is 4.08. The minimum Gasteiger partial charge on any atom is -0.508 e. The lowest BCUT2D eigenvalue weighted by Gasteiger charge is -2.06. The molecule has 0 saturated heterocycles. The van der Waals surface area contributed by atoms with Crippen LogP contribution < -0.4 is 5.32 Å². The fraction of sp³-hybridized carbons (Fsp3) is 0.333. The van der Waals surface area contributed by atoms with E-state index in [0.29, 0.717) is 11.8 Å². The standard InChI is InChI=1S/C12H16N2O/c1-8(2)13-6-9-7-14-12-4-3-10(15)5-11(9)12/h3-5,7-8,13-15H,6H2,1-2H3. The maximum absolute atomic E-state index is 9.42. The van der Waals surface area contributed by atoms with Crippen LogP contribution in [0.25, 0.3) is 10.9 Å². The van der Waals surface area contributed by atoms with E-state index in [-0.39, 0.29) is 0 Å². The van der Waals surface area contributed by atoms with Crippen LogP contribution in [-0.4, -0.2) is 16.1 Å². The summed E-state index contributed by atoms with van der Waals surface area (Å²) in [5, 5.41) is 13.9. The number of aromatic amines is 1. The van der Waals surface area contributed by atoms with E-state index in [1.807, 2.05) is 12.3 Å². The van der Waals surface area contributed by atoms with Crippen molar-refractivity contribution in [2.45, 2.75) is 26.4 Å². The van der Waals surface area contributed by atoms with Crippen LogP contribution in [0.1, 0.15) is 19.4 Å². The van der Waals surface area contributed by atoms with Crippen LogP contribution in [0, 0.1) is 0 Å². The summed E-state index contributed by atoms with van der Waals surface area (Å²) in [6, 6.07) is 5.85. The maximum Gasteiger partial charge on any atom is 0.116 e. The summed E-state index contributed by atoms with van der Waals surface area (Å²) in [5.74, 6) is 0.313.